The minimum absolute atomic E-state index is 0.122. The van der Waals surface area contributed by atoms with Crippen molar-refractivity contribution in [1.29, 1.82) is 0 Å². The van der Waals surface area contributed by atoms with Crippen molar-refractivity contribution in [3.63, 3.8) is 0 Å². The van der Waals surface area contributed by atoms with Gasteiger partial charge in [0.15, 0.2) is 17.3 Å². The summed E-state index contributed by atoms with van der Waals surface area (Å²) < 4.78 is 22.2. The van der Waals surface area contributed by atoms with Crippen LogP contribution in [0.15, 0.2) is 48.7 Å². The molecular weight excluding hydrogens is 375 g/mol. The average molecular weight is 396 g/mol. The molecule has 0 bridgehead atoms. The summed E-state index contributed by atoms with van der Waals surface area (Å²) >= 11 is 0. The maximum Gasteiger partial charge on any atom is 0.187 e. The molecule has 1 aromatic carbocycles. The van der Waals surface area contributed by atoms with E-state index in [9.17, 15) is 9.50 Å². The molecule has 0 radical (unpaired) electrons. The Hall–Kier alpha value is -3.10. The zero-order chi connectivity index (χ0) is 20.6. The highest BCUT2D eigenvalue weighted by molar-refractivity contribution is 5.83. The third kappa shape index (κ3) is 3.64. The van der Waals surface area contributed by atoms with Crippen molar-refractivity contribution in [3.05, 3.63) is 54.5 Å². The van der Waals surface area contributed by atoms with E-state index in [0.29, 0.717) is 28.3 Å². The van der Waals surface area contributed by atoms with Crippen molar-refractivity contribution in [2.75, 3.05) is 13.2 Å². The Morgan fingerprint density at radius 1 is 1.17 bits per heavy atom. The van der Waals surface area contributed by atoms with Crippen molar-refractivity contribution < 1.29 is 19.3 Å². The molecule has 7 nitrogen and oxygen atoms in total. The molecule has 0 aliphatic carbocycles. The zero-order valence-corrected chi connectivity index (χ0v) is 16.1. The number of hydrogen-bond acceptors (Lipinski definition) is 6. The fourth-order valence-electron chi connectivity index (χ4n) is 3.00. The Bertz CT molecular complexity index is 1180. The van der Waals surface area contributed by atoms with Gasteiger partial charge < -0.3 is 14.9 Å². The molecule has 2 N–H and O–H groups in total. The first-order valence-electron chi connectivity index (χ1n) is 9.21. The normalized spacial score (nSPS) is 13.1. The Morgan fingerprint density at radius 2 is 2.00 bits per heavy atom. The van der Waals surface area contributed by atoms with Crippen molar-refractivity contribution in [1.82, 2.24) is 19.6 Å². The second kappa shape index (κ2) is 7.38. The Balaban J connectivity index is 1.65. The fraction of sp³-hybridized carbons (Fsp3) is 0.286. The molecule has 0 amide bonds. The van der Waals surface area contributed by atoms with E-state index in [2.05, 4.69) is 15.2 Å². The van der Waals surface area contributed by atoms with Gasteiger partial charge in [0.05, 0.1) is 19.3 Å². The topological polar surface area (TPSA) is 92.8 Å². The average Bonchev–Trinajstić information content (AvgIpc) is 3.15. The molecule has 0 fully saturated rings. The van der Waals surface area contributed by atoms with Crippen LogP contribution in [0, 0.1) is 11.2 Å². The van der Waals surface area contributed by atoms with E-state index in [1.807, 2.05) is 24.4 Å². The van der Waals surface area contributed by atoms with E-state index in [1.54, 1.807) is 36.4 Å². The van der Waals surface area contributed by atoms with Crippen LogP contribution in [0.4, 0.5) is 4.39 Å². The van der Waals surface area contributed by atoms with Gasteiger partial charge in [-0.3, -0.25) is 4.40 Å². The smallest absolute Gasteiger partial charge is 0.187 e. The maximum absolute atomic E-state index is 14.8. The number of aliphatic hydroxyl groups excluding tert-OH is 2. The minimum atomic E-state index is -0.935. The molecular formula is C21H21FN4O3. The van der Waals surface area contributed by atoms with Gasteiger partial charge in [0, 0.05) is 23.1 Å². The van der Waals surface area contributed by atoms with Crippen LogP contribution >= 0.6 is 0 Å². The Morgan fingerprint density at radius 3 is 2.79 bits per heavy atom. The number of hydrogen-bond donors (Lipinski definition) is 2. The van der Waals surface area contributed by atoms with Crippen LogP contribution in [0.3, 0.4) is 0 Å². The van der Waals surface area contributed by atoms with Gasteiger partial charge in [-0.05, 0) is 24.3 Å². The van der Waals surface area contributed by atoms with Gasteiger partial charge in [-0.2, -0.15) is 0 Å². The van der Waals surface area contributed by atoms with Gasteiger partial charge in [0.2, 0.25) is 0 Å². The van der Waals surface area contributed by atoms with E-state index >= 15 is 0 Å². The first-order valence-corrected chi connectivity index (χ1v) is 9.21. The molecule has 4 aromatic rings. The van der Waals surface area contributed by atoms with Crippen molar-refractivity contribution in [2.45, 2.75) is 20.0 Å². The molecule has 0 saturated carbocycles. The van der Waals surface area contributed by atoms with Crippen LogP contribution in [0.2, 0.25) is 0 Å². The molecule has 3 heterocycles. The summed E-state index contributed by atoms with van der Waals surface area (Å²) in [6, 6.07) is 12.0. The van der Waals surface area contributed by atoms with E-state index < -0.39 is 17.3 Å². The van der Waals surface area contributed by atoms with E-state index in [-0.39, 0.29) is 18.7 Å². The molecule has 150 valence electrons. The number of fused-ring (bicyclic) bond motifs is 2. The number of pyridine rings is 2. The fourth-order valence-corrected chi connectivity index (χ4v) is 3.00. The number of rotatable bonds is 6. The van der Waals surface area contributed by atoms with E-state index in [1.165, 1.54) is 6.07 Å². The van der Waals surface area contributed by atoms with Crippen LogP contribution in [0.1, 0.15) is 13.8 Å². The van der Waals surface area contributed by atoms with Gasteiger partial charge in [-0.15, -0.1) is 10.2 Å². The first kappa shape index (κ1) is 19.2. The summed E-state index contributed by atoms with van der Waals surface area (Å²) in [5.74, 6) is 0.339. The third-order valence-electron chi connectivity index (χ3n) is 4.95. The second-order valence-electron chi connectivity index (χ2n) is 7.60. The van der Waals surface area contributed by atoms with Crippen molar-refractivity contribution in [2.24, 2.45) is 5.41 Å². The second-order valence-corrected chi connectivity index (χ2v) is 7.60. The highest BCUT2D eigenvalue weighted by atomic mass is 19.1. The van der Waals surface area contributed by atoms with Crippen molar-refractivity contribution in [3.8, 4) is 17.3 Å². The lowest BCUT2D eigenvalue weighted by Gasteiger charge is -2.29. The number of halogens is 1. The molecule has 4 rings (SSSR count). The summed E-state index contributed by atoms with van der Waals surface area (Å²) in [5, 5.41) is 27.8. The largest absolute Gasteiger partial charge is 0.493 e. The molecule has 29 heavy (non-hydrogen) atoms. The van der Waals surface area contributed by atoms with Gasteiger partial charge in [0.25, 0.3) is 0 Å². The van der Waals surface area contributed by atoms with Gasteiger partial charge in [0.1, 0.15) is 17.0 Å². The maximum atomic E-state index is 14.8. The van der Waals surface area contributed by atoms with Crippen LogP contribution < -0.4 is 4.74 Å². The van der Waals surface area contributed by atoms with Crippen LogP contribution in [0.5, 0.6) is 5.75 Å². The SMILES string of the molecule is CC(C)(COc1cc(F)c2nc(-c3nnc4ccccn34)ccc2c1)[C@@H](O)CO. The number of aromatic nitrogens is 4. The zero-order valence-electron chi connectivity index (χ0n) is 16.1. The quantitative estimate of drug-likeness (QED) is 0.521. The standard InChI is InChI=1S/C21H21FN4O3/c1-21(2,17(28)11-27)12-29-14-9-13-6-7-16(23-19(13)15(22)10-14)20-25-24-18-5-3-4-8-26(18)20/h3-10,17,27-28H,11-12H2,1-2H3/t17-/m0/s1. The minimum Gasteiger partial charge on any atom is -0.493 e. The Labute approximate surface area is 166 Å². The number of aliphatic hydroxyl groups is 2. The van der Waals surface area contributed by atoms with Gasteiger partial charge >= 0.3 is 0 Å². The van der Waals surface area contributed by atoms with Crippen LogP contribution in [-0.4, -0.2) is 49.1 Å². The van der Waals surface area contributed by atoms with Crippen LogP contribution in [0.25, 0.3) is 28.1 Å². The summed E-state index contributed by atoms with van der Waals surface area (Å²) in [6.45, 7) is 3.29. The lowest BCUT2D eigenvalue weighted by molar-refractivity contribution is -0.0199. The molecule has 0 saturated heterocycles. The van der Waals surface area contributed by atoms with Gasteiger partial charge in [-0.1, -0.05) is 26.0 Å². The summed E-state index contributed by atoms with van der Waals surface area (Å²) in [4.78, 5) is 4.43. The predicted octanol–water partition coefficient (Wildman–Crippen LogP) is 2.84. The number of ether oxygens (including phenoxy) is 1. The highest BCUT2D eigenvalue weighted by Crippen LogP contribution is 2.28. The van der Waals surface area contributed by atoms with Crippen molar-refractivity contribution >= 4 is 16.6 Å². The lowest BCUT2D eigenvalue weighted by atomic mass is 9.88. The molecule has 1 atom stereocenters. The van der Waals surface area contributed by atoms with E-state index in [4.69, 9.17) is 9.84 Å². The number of nitrogens with zero attached hydrogens (tertiary/aromatic N) is 4. The van der Waals surface area contributed by atoms with Crippen LogP contribution in [-0.2, 0) is 0 Å². The number of benzene rings is 1. The summed E-state index contributed by atoms with van der Waals surface area (Å²) in [5.41, 5.74) is 0.714. The summed E-state index contributed by atoms with van der Waals surface area (Å²) in [7, 11) is 0. The molecule has 8 heteroatoms. The third-order valence-corrected chi connectivity index (χ3v) is 4.95. The molecule has 0 spiro atoms. The van der Waals surface area contributed by atoms with E-state index in [0.717, 1.165) is 0 Å². The highest BCUT2D eigenvalue weighted by Gasteiger charge is 2.28. The predicted molar refractivity (Wildman–Crippen MR) is 106 cm³/mol. The first-order chi connectivity index (χ1) is 13.9. The van der Waals surface area contributed by atoms with Gasteiger partial charge in [-0.25, -0.2) is 9.37 Å². The summed E-state index contributed by atoms with van der Waals surface area (Å²) in [6.07, 6.45) is 0.891. The molecule has 3 aromatic heterocycles. The lowest BCUT2D eigenvalue weighted by Crippen LogP contribution is -2.37. The Kier molecular flexibility index (Phi) is 4.89. The molecule has 0 unspecified atom stereocenters. The molecule has 0 aliphatic heterocycles. The monoisotopic (exact) mass is 396 g/mol. The molecule has 0 aliphatic rings.